The summed E-state index contributed by atoms with van der Waals surface area (Å²) in [7, 11) is -1.96. The van der Waals surface area contributed by atoms with Crippen molar-refractivity contribution in [3.05, 3.63) is 40.7 Å². The minimum Gasteiger partial charge on any atom is -0.488 e. The smallest absolute Gasteiger partial charge is 0.229 e. The fourth-order valence-corrected chi connectivity index (χ4v) is 6.25. The first-order chi connectivity index (χ1) is 19.0. The Kier molecular flexibility index (Phi) is 8.26. The van der Waals surface area contributed by atoms with Crippen molar-refractivity contribution in [3.8, 4) is 5.75 Å². The number of sulfone groups is 1. The second-order valence-electron chi connectivity index (χ2n) is 11.0. The topological polar surface area (TPSA) is 114 Å². The van der Waals surface area contributed by atoms with E-state index in [1.165, 1.54) is 22.0 Å². The van der Waals surface area contributed by atoms with Crippen LogP contribution in [0.1, 0.15) is 63.5 Å². The largest absolute Gasteiger partial charge is 0.488 e. The highest BCUT2D eigenvalue weighted by Crippen LogP contribution is 2.40. The van der Waals surface area contributed by atoms with Gasteiger partial charge in [-0.15, -0.1) is 0 Å². The summed E-state index contributed by atoms with van der Waals surface area (Å²) in [4.78, 5) is 11.5. The first-order valence-corrected chi connectivity index (χ1v) is 15.8. The van der Waals surface area contributed by atoms with Crippen LogP contribution < -0.4 is 15.4 Å². The van der Waals surface area contributed by atoms with Crippen molar-refractivity contribution < 1.29 is 13.2 Å². The molecule has 0 amide bonds. The van der Waals surface area contributed by atoms with E-state index in [0.29, 0.717) is 17.6 Å². The molecule has 216 valence electrons. The molecule has 2 aliphatic rings. The highest BCUT2D eigenvalue weighted by Gasteiger charge is 2.29. The lowest BCUT2D eigenvalue weighted by atomic mass is 9.86. The normalized spacial score (nSPS) is 16.9. The number of benzene rings is 1. The number of hydrogen-bond acceptors (Lipinski definition) is 9. The molecule has 3 aromatic rings. The van der Waals surface area contributed by atoms with Crippen molar-refractivity contribution in [2.45, 2.75) is 75.7 Å². The van der Waals surface area contributed by atoms with Gasteiger partial charge in [0.25, 0.3) is 0 Å². The monoisotopic (exact) mass is 587 g/mol. The quantitative estimate of drug-likeness (QED) is 0.313. The second-order valence-corrected chi connectivity index (χ2v) is 13.8. The molecule has 0 atom stereocenters. The molecular weight excluding hydrogens is 550 g/mol. The fourth-order valence-electron chi connectivity index (χ4n) is 5.01. The summed E-state index contributed by atoms with van der Waals surface area (Å²) in [5, 5.41) is 10.1. The van der Waals surface area contributed by atoms with Gasteiger partial charge in [-0.05, 0) is 95.3 Å². The van der Waals surface area contributed by atoms with Gasteiger partial charge in [0.15, 0.2) is 5.82 Å². The van der Waals surface area contributed by atoms with Crippen LogP contribution in [0.25, 0.3) is 0 Å². The van der Waals surface area contributed by atoms with Gasteiger partial charge < -0.3 is 20.3 Å². The van der Waals surface area contributed by atoms with E-state index in [9.17, 15) is 8.42 Å². The van der Waals surface area contributed by atoms with E-state index in [4.69, 9.17) is 16.3 Å². The van der Waals surface area contributed by atoms with E-state index in [0.717, 1.165) is 56.8 Å². The molecule has 2 fully saturated rings. The lowest BCUT2D eigenvalue weighted by Crippen LogP contribution is -2.32. The average molecular weight is 588 g/mol. The molecule has 12 heteroatoms. The molecule has 2 aromatic heterocycles. The predicted molar refractivity (Wildman–Crippen MR) is 158 cm³/mol. The number of anilines is 4. The van der Waals surface area contributed by atoms with Gasteiger partial charge in [0, 0.05) is 13.2 Å². The van der Waals surface area contributed by atoms with Crippen molar-refractivity contribution in [2.24, 2.45) is 7.05 Å². The molecule has 1 aliphatic carbocycles. The fraction of sp³-hybridized carbons (Fsp3) is 0.536. The molecule has 2 N–H and O–H groups in total. The molecule has 0 radical (unpaired) electrons. The summed E-state index contributed by atoms with van der Waals surface area (Å²) in [6, 6.07) is 4.30. The van der Waals surface area contributed by atoms with E-state index >= 15 is 0 Å². The van der Waals surface area contributed by atoms with Crippen molar-refractivity contribution in [1.29, 1.82) is 0 Å². The summed E-state index contributed by atoms with van der Waals surface area (Å²) in [6.07, 6.45) is 7.69. The number of rotatable bonds is 10. The minimum atomic E-state index is -3.63. The molecule has 0 unspecified atom stereocenters. The van der Waals surface area contributed by atoms with Crippen LogP contribution in [0.3, 0.4) is 0 Å². The van der Waals surface area contributed by atoms with Gasteiger partial charge in [-0.2, -0.15) is 10.1 Å². The van der Waals surface area contributed by atoms with Crippen LogP contribution in [0, 0.1) is 6.92 Å². The Bertz CT molecular complexity index is 1480. The van der Waals surface area contributed by atoms with Crippen LogP contribution in [-0.2, 0) is 16.9 Å². The molecule has 5 rings (SSSR count). The Balaban J connectivity index is 1.42. The number of nitrogens with zero attached hydrogens (tertiary/aromatic N) is 5. The number of halogens is 1. The summed E-state index contributed by atoms with van der Waals surface area (Å²) in [5.41, 5.74) is 3.63. The van der Waals surface area contributed by atoms with Gasteiger partial charge in [0.1, 0.15) is 10.8 Å². The van der Waals surface area contributed by atoms with Crippen molar-refractivity contribution in [3.63, 3.8) is 0 Å². The van der Waals surface area contributed by atoms with Gasteiger partial charge in [-0.3, -0.25) is 4.68 Å². The van der Waals surface area contributed by atoms with Gasteiger partial charge in [-0.1, -0.05) is 18.5 Å². The predicted octanol–water partition coefficient (Wildman–Crippen LogP) is 5.58. The molecule has 0 spiro atoms. The Morgan fingerprint density at radius 2 is 1.85 bits per heavy atom. The van der Waals surface area contributed by atoms with Gasteiger partial charge in [0.05, 0.1) is 28.9 Å². The van der Waals surface area contributed by atoms with Crippen LogP contribution in [0.4, 0.5) is 23.1 Å². The lowest BCUT2D eigenvalue weighted by molar-refractivity contribution is 0.222. The van der Waals surface area contributed by atoms with E-state index in [1.807, 2.05) is 0 Å². The molecule has 1 aromatic carbocycles. The summed E-state index contributed by atoms with van der Waals surface area (Å²) >= 11 is 6.43. The Labute approximate surface area is 241 Å². The maximum absolute atomic E-state index is 12.9. The van der Waals surface area contributed by atoms with Crippen LogP contribution >= 0.6 is 11.6 Å². The zero-order valence-electron chi connectivity index (χ0n) is 23.7. The molecular formula is C28H38ClN7O3S. The number of likely N-dealkylation sites (tertiary alicyclic amines) is 1. The van der Waals surface area contributed by atoms with E-state index in [-0.39, 0.29) is 22.0 Å². The van der Waals surface area contributed by atoms with Crippen LogP contribution in [0.5, 0.6) is 5.75 Å². The van der Waals surface area contributed by atoms with Crippen molar-refractivity contribution >= 4 is 44.6 Å². The maximum atomic E-state index is 12.9. The third kappa shape index (κ3) is 6.21. The van der Waals surface area contributed by atoms with Crippen molar-refractivity contribution in [1.82, 2.24) is 24.6 Å². The molecule has 1 saturated heterocycles. The Hall–Kier alpha value is -2.89. The highest BCUT2D eigenvalue weighted by molar-refractivity contribution is 7.92. The molecule has 1 aliphatic heterocycles. The number of hydrogen-bond donors (Lipinski definition) is 2. The Morgan fingerprint density at radius 3 is 2.50 bits per heavy atom. The number of piperidine rings is 1. The molecule has 0 bridgehead atoms. The molecule has 3 heterocycles. The van der Waals surface area contributed by atoms with E-state index in [2.05, 4.69) is 56.6 Å². The van der Waals surface area contributed by atoms with Crippen LogP contribution in [0.15, 0.2) is 29.6 Å². The summed E-state index contributed by atoms with van der Waals surface area (Å²) in [6.45, 7) is 10.9. The maximum Gasteiger partial charge on any atom is 0.229 e. The molecule has 1 saturated carbocycles. The van der Waals surface area contributed by atoms with E-state index in [1.54, 1.807) is 27.1 Å². The summed E-state index contributed by atoms with van der Waals surface area (Å²) < 4.78 is 33.5. The standard InChI is InChI=1S/C28H38ClN7O3S/c1-6-36-11-9-19(10-12-36)21-14-25(39-20-7-8-20)23(13-18(21)4)32-28-30-15-22(29)26(33-28)31-24-16-35(5)34-27(24)40(37,38)17(2)3/h13-17,19-20H,6-12H2,1-5H3,(H2,30,31,32,33). The second kappa shape index (κ2) is 11.5. The number of aryl methyl sites for hydroxylation is 2. The molecule has 10 nitrogen and oxygen atoms in total. The number of aromatic nitrogens is 4. The molecule has 40 heavy (non-hydrogen) atoms. The zero-order chi connectivity index (χ0) is 28.6. The van der Waals surface area contributed by atoms with E-state index < -0.39 is 15.1 Å². The van der Waals surface area contributed by atoms with Gasteiger partial charge in [0.2, 0.25) is 20.8 Å². The van der Waals surface area contributed by atoms with Crippen LogP contribution in [0.2, 0.25) is 5.02 Å². The van der Waals surface area contributed by atoms with Crippen molar-refractivity contribution in [2.75, 3.05) is 30.3 Å². The Morgan fingerprint density at radius 1 is 1.12 bits per heavy atom. The zero-order valence-corrected chi connectivity index (χ0v) is 25.3. The highest BCUT2D eigenvalue weighted by atomic mass is 35.5. The average Bonchev–Trinajstić information content (AvgIpc) is 3.66. The minimum absolute atomic E-state index is 0.0507. The van der Waals surface area contributed by atoms with Crippen LogP contribution in [-0.4, -0.2) is 64.1 Å². The SMILES string of the molecule is CCN1CCC(c2cc(OC3CC3)c(Nc3ncc(Cl)c(Nc4cn(C)nc4S(=O)(=O)C(C)C)n3)cc2C)CC1. The lowest BCUT2D eigenvalue weighted by Gasteiger charge is -2.32. The van der Waals surface area contributed by atoms with Gasteiger partial charge in [-0.25, -0.2) is 13.4 Å². The first-order valence-electron chi connectivity index (χ1n) is 13.9. The third-order valence-corrected chi connectivity index (χ3v) is 9.95. The third-order valence-electron chi connectivity index (χ3n) is 7.59. The number of ether oxygens (including phenoxy) is 1. The first kappa shape index (κ1) is 28.6. The summed E-state index contributed by atoms with van der Waals surface area (Å²) in [5.74, 6) is 1.89. The van der Waals surface area contributed by atoms with Gasteiger partial charge >= 0.3 is 0 Å². The number of nitrogens with one attached hydrogen (secondary N) is 2.